The lowest BCUT2D eigenvalue weighted by Crippen LogP contribution is -2.39. The van der Waals surface area contributed by atoms with Crippen molar-refractivity contribution in [1.82, 2.24) is 4.90 Å². The Labute approximate surface area is 185 Å². The molecule has 0 unspecified atom stereocenters. The van der Waals surface area contributed by atoms with E-state index in [4.69, 9.17) is 23.2 Å². The molecule has 0 aliphatic carbocycles. The lowest BCUT2D eigenvalue weighted by molar-refractivity contribution is -0.120. The molecule has 2 amide bonds. The first-order valence-electron chi connectivity index (χ1n) is 9.28. The number of rotatable bonds is 9. The van der Waals surface area contributed by atoms with E-state index < -0.39 is 5.97 Å². The summed E-state index contributed by atoms with van der Waals surface area (Å²) < 4.78 is 4.68. The fraction of sp³-hybridized carbons (Fsp3) is 0.286. The maximum Gasteiger partial charge on any atom is 0.337 e. The van der Waals surface area contributed by atoms with Crippen LogP contribution >= 0.6 is 23.2 Å². The van der Waals surface area contributed by atoms with E-state index in [0.29, 0.717) is 33.5 Å². The zero-order valence-corrected chi connectivity index (χ0v) is 18.2. The van der Waals surface area contributed by atoms with Crippen LogP contribution in [-0.4, -0.2) is 49.4 Å². The normalized spacial score (nSPS) is 10.6. The zero-order chi connectivity index (χ0) is 22.1. The molecule has 0 aliphatic rings. The van der Waals surface area contributed by atoms with E-state index in [9.17, 15) is 14.4 Å². The number of ether oxygens (including phenoxy) is 1. The van der Waals surface area contributed by atoms with Gasteiger partial charge in [0.05, 0.1) is 36.5 Å². The third kappa shape index (κ3) is 7.33. The molecular weight excluding hydrogens is 429 g/mol. The number of esters is 1. The molecule has 0 fully saturated rings. The van der Waals surface area contributed by atoms with E-state index in [1.54, 1.807) is 41.3 Å². The summed E-state index contributed by atoms with van der Waals surface area (Å²) in [6.45, 7) is 2.54. The van der Waals surface area contributed by atoms with Crippen LogP contribution in [0.5, 0.6) is 0 Å². The first-order chi connectivity index (χ1) is 14.3. The van der Waals surface area contributed by atoms with E-state index in [1.165, 1.54) is 13.2 Å². The second-order valence-electron chi connectivity index (χ2n) is 6.50. The molecule has 7 nitrogen and oxygen atoms in total. The second-order valence-corrected chi connectivity index (χ2v) is 7.35. The number of amides is 2. The monoisotopic (exact) mass is 451 g/mol. The van der Waals surface area contributed by atoms with Gasteiger partial charge in [-0.15, -0.1) is 0 Å². The Morgan fingerprint density at radius 3 is 2.33 bits per heavy atom. The number of hydrogen-bond acceptors (Lipinski definition) is 5. The molecule has 0 spiro atoms. The Bertz CT molecular complexity index is 921. The van der Waals surface area contributed by atoms with Gasteiger partial charge in [-0.3, -0.25) is 14.5 Å². The van der Waals surface area contributed by atoms with Crippen LogP contribution in [0.25, 0.3) is 0 Å². The maximum atomic E-state index is 12.4. The second kappa shape index (κ2) is 11.5. The van der Waals surface area contributed by atoms with Crippen molar-refractivity contribution in [3.63, 3.8) is 0 Å². The number of benzene rings is 2. The third-order valence-corrected chi connectivity index (χ3v) is 4.59. The van der Waals surface area contributed by atoms with Crippen LogP contribution in [-0.2, 0) is 14.3 Å². The Morgan fingerprint density at radius 2 is 1.70 bits per heavy atom. The van der Waals surface area contributed by atoms with Crippen LogP contribution in [0, 0.1) is 0 Å². The van der Waals surface area contributed by atoms with Crippen molar-refractivity contribution in [1.29, 1.82) is 0 Å². The number of nitrogens with one attached hydrogen (secondary N) is 2. The molecule has 9 heteroatoms. The average Bonchev–Trinajstić information content (AvgIpc) is 2.69. The van der Waals surface area contributed by atoms with Crippen LogP contribution in [0.4, 0.5) is 11.4 Å². The van der Waals surface area contributed by atoms with Crippen molar-refractivity contribution >= 4 is 52.4 Å². The highest BCUT2D eigenvalue weighted by molar-refractivity contribution is 6.36. The highest BCUT2D eigenvalue weighted by Gasteiger charge is 2.16. The molecule has 0 radical (unpaired) electrons. The molecule has 160 valence electrons. The van der Waals surface area contributed by atoms with Crippen molar-refractivity contribution in [3.8, 4) is 0 Å². The number of anilines is 2. The number of halogens is 2. The lowest BCUT2D eigenvalue weighted by Gasteiger charge is -2.21. The summed E-state index contributed by atoms with van der Waals surface area (Å²) in [4.78, 5) is 38.2. The van der Waals surface area contributed by atoms with E-state index in [1.807, 2.05) is 6.92 Å². The van der Waals surface area contributed by atoms with Gasteiger partial charge < -0.3 is 15.4 Å². The number of carbonyl (C=O) groups is 3. The van der Waals surface area contributed by atoms with Crippen molar-refractivity contribution in [2.45, 2.75) is 13.3 Å². The van der Waals surface area contributed by atoms with Gasteiger partial charge in [-0.2, -0.15) is 0 Å². The summed E-state index contributed by atoms with van der Waals surface area (Å²) in [6, 6.07) is 11.2. The number of nitrogens with zero attached hydrogens (tertiary/aromatic N) is 1. The summed E-state index contributed by atoms with van der Waals surface area (Å²) in [6.07, 6.45) is 0.764. The summed E-state index contributed by atoms with van der Waals surface area (Å²) >= 11 is 11.9. The minimum absolute atomic E-state index is 0.0120. The minimum atomic E-state index is -0.490. The fourth-order valence-electron chi connectivity index (χ4n) is 2.76. The Hall–Kier alpha value is -2.61. The van der Waals surface area contributed by atoms with Crippen molar-refractivity contribution in [3.05, 3.63) is 58.1 Å². The highest BCUT2D eigenvalue weighted by Crippen LogP contribution is 2.25. The fourth-order valence-corrected chi connectivity index (χ4v) is 3.22. The van der Waals surface area contributed by atoms with Gasteiger partial charge in [0.25, 0.3) is 0 Å². The summed E-state index contributed by atoms with van der Waals surface area (Å²) in [7, 11) is 1.29. The zero-order valence-electron chi connectivity index (χ0n) is 16.7. The molecule has 0 saturated carbocycles. The molecule has 0 aliphatic heterocycles. The van der Waals surface area contributed by atoms with Crippen LogP contribution in [0.3, 0.4) is 0 Å². The quantitative estimate of drug-likeness (QED) is 0.561. The van der Waals surface area contributed by atoms with Crippen LogP contribution in [0.15, 0.2) is 42.5 Å². The van der Waals surface area contributed by atoms with Crippen molar-refractivity contribution < 1.29 is 19.1 Å². The highest BCUT2D eigenvalue weighted by atomic mass is 35.5. The largest absolute Gasteiger partial charge is 0.465 e. The maximum absolute atomic E-state index is 12.4. The molecule has 0 aromatic heterocycles. The molecule has 0 atom stereocenters. The summed E-state index contributed by atoms with van der Waals surface area (Å²) in [5.74, 6) is -1.09. The summed E-state index contributed by atoms with van der Waals surface area (Å²) in [5, 5.41) is 6.26. The standard InChI is InChI=1S/C21H23Cl2N3O4/c1-3-9-26(13-20(28)25-18-8-7-15(22)11-17(18)23)12-19(27)24-16-6-4-5-14(10-16)21(29)30-2/h4-8,10-11H,3,9,12-13H2,1-2H3,(H,24,27)(H,25,28). The van der Waals surface area contributed by atoms with E-state index in [-0.39, 0.29) is 24.9 Å². The molecule has 30 heavy (non-hydrogen) atoms. The van der Waals surface area contributed by atoms with Gasteiger partial charge in [0, 0.05) is 10.7 Å². The number of methoxy groups -OCH3 is 1. The Morgan fingerprint density at radius 1 is 1.00 bits per heavy atom. The SMILES string of the molecule is CCCN(CC(=O)Nc1cccc(C(=O)OC)c1)CC(=O)Nc1ccc(Cl)cc1Cl. The van der Waals surface area contributed by atoms with Crippen LogP contribution in [0.2, 0.25) is 10.0 Å². The molecule has 2 N–H and O–H groups in total. The number of hydrogen-bond donors (Lipinski definition) is 2. The predicted octanol–water partition coefficient (Wildman–Crippen LogP) is 4.07. The van der Waals surface area contributed by atoms with Gasteiger partial charge in [0.1, 0.15) is 0 Å². The van der Waals surface area contributed by atoms with E-state index in [2.05, 4.69) is 15.4 Å². The molecule has 2 aromatic carbocycles. The topological polar surface area (TPSA) is 87.7 Å². The van der Waals surface area contributed by atoms with Crippen LogP contribution < -0.4 is 10.6 Å². The van der Waals surface area contributed by atoms with Gasteiger partial charge in [0.15, 0.2) is 0 Å². The van der Waals surface area contributed by atoms with Gasteiger partial charge in [-0.05, 0) is 49.4 Å². The first-order valence-corrected chi connectivity index (χ1v) is 10.0. The van der Waals surface area contributed by atoms with Crippen LogP contribution in [0.1, 0.15) is 23.7 Å². The van der Waals surface area contributed by atoms with Gasteiger partial charge in [-0.1, -0.05) is 36.2 Å². The first kappa shape index (κ1) is 23.7. The Balaban J connectivity index is 1.96. The van der Waals surface area contributed by atoms with Gasteiger partial charge in [-0.25, -0.2) is 4.79 Å². The molecular formula is C21H23Cl2N3O4. The van der Waals surface area contributed by atoms with Gasteiger partial charge >= 0.3 is 5.97 Å². The smallest absolute Gasteiger partial charge is 0.337 e. The van der Waals surface area contributed by atoms with Crippen molar-refractivity contribution in [2.75, 3.05) is 37.4 Å². The number of carbonyl (C=O) groups excluding carboxylic acids is 3. The van der Waals surface area contributed by atoms with Gasteiger partial charge in [0.2, 0.25) is 11.8 Å². The van der Waals surface area contributed by atoms with Crippen molar-refractivity contribution in [2.24, 2.45) is 0 Å². The average molecular weight is 452 g/mol. The lowest BCUT2D eigenvalue weighted by atomic mass is 10.2. The molecule has 2 rings (SSSR count). The van der Waals surface area contributed by atoms with E-state index >= 15 is 0 Å². The molecule has 2 aromatic rings. The molecule has 0 saturated heterocycles. The third-order valence-electron chi connectivity index (χ3n) is 4.05. The molecule has 0 heterocycles. The molecule has 0 bridgehead atoms. The van der Waals surface area contributed by atoms with E-state index in [0.717, 1.165) is 6.42 Å². The predicted molar refractivity (Wildman–Crippen MR) is 118 cm³/mol. The summed E-state index contributed by atoms with van der Waals surface area (Å²) in [5.41, 5.74) is 1.25. The Kier molecular flexibility index (Phi) is 9.11. The minimum Gasteiger partial charge on any atom is -0.465 e.